The summed E-state index contributed by atoms with van der Waals surface area (Å²) >= 11 is 0. The van der Waals surface area contributed by atoms with Crippen LogP contribution in [-0.4, -0.2) is 43.5 Å². The fraction of sp³-hybridized carbons (Fsp3) is 0.760. The molecule has 1 N–H and O–H groups in total. The predicted octanol–water partition coefficient (Wildman–Crippen LogP) is 5.09. The first-order valence-electron chi connectivity index (χ1n) is 12.6. The Labute approximate surface area is 205 Å². The lowest BCUT2D eigenvalue weighted by Crippen LogP contribution is -2.43. The number of nitrogens with one attached hydrogen (secondary N) is 1. The predicted molar refractivity (Wildman–Crippen MR) is 126 cm³/mol. The molecular formula is C25H35F3N2O4S. The van der Waals surface area contributed by atoms with Gasteiger partial charge in [0, 0.05) is 6.54 Å². The standard InChI is InChI=1S/C25H35F3N2O4S/c1-3-34-23-21(16(2)12-20(30-23)25(26,27)28)22(31)29-15-24(13-17-4-5-17)10-8-19(9-11-24)35(32,33)14-18-6-7-18/h12,17-19H,3-11,13-15H2,1-2H3,(H,29,31)/t19-,24+. The molecule has 0 aliphatic heterocycles. The average Bonchev–Trinajstić information content (AvgIpc) is 3.70. The zero-order valence-corrected chi connectivity index (χ0v) is 21.2. The van der Waals surface area contributed by atoms with E-state index in [2.05, 4.69) is 10.3 Å². The molecule has 6 nitrogen and oxygen atoms in total. The Bertz CT molecular complexity index is 1040. The Morgan fingerprint density at radius 3 is 2.31 bits per heavy atom. The van der Waals surface area contributed by atoms with Gasteiger partial charge >= 0.3 is 6.18 Å². The van der Waals surface area contributed by atoms with E-state index in [1.807, 2.05) is 0 Å². The smallest absolute Gasteiger partial charge is 0.433 e. The van der Waals surface area contributed by atoms with Crippen molar-refractivity contribution < 1.29 is 31.1 Å². The van der Waals surface area contributed by atoms with Gasteiger partial charge in [0.2, 0.25) is 5.88 Å². The van der Waals surface area contributed by atoms with Gasteiger partial charge in [-0.15, -0.1) is 0 Å². The van der Waals surface area contributed by atoms with E-state index in [9.17, 15) is 26.4 Å². The van der Waals surface area contributed by atoms with Gasteiger partial charge in [-0.1, -0.05) is 12.8 Å². The molecule has 1 aromatic heterocycles. The van der Waals surface area contributed by atoms with Crippen LogP contribution in [0.2, 0.25) is 0 Å². The minimum Gasteiger partial charge on any atom is -0.477 e. The molecule has 0 bridgehead atoms. The summed E-state index contributed by atoms with van der Waals surface area (Å²) in [5.41, 5.74) is -1.12. The molecule has 1 amide bonds. The highest BCUT2D eigenvalue weighted by atomic mass is 32.2. The summed E-state index contributed by atoms with van der Waals surface area (Å²) in [5.74, 6) is 0.400. The van der Waals surface area contributed by atoms with Crippen LogP contribution in [0.25, 0.3) is 0 Å². The number of hydrogen-bond donors (Lipinski definition) is 1. The number of pyridine rings is 1. The quantitative estimate of drug-likeness (QED) is 0.468. The van der Waals surface area contributed by atoms with Crippen molar-refractivity contribution in [3.05, 3.63) is 22.9 Å². The summed E-state index contributed by atoms with van der Waals surface area (Å²) in [4.78, 5) is 16.7. The molecule has 10 heteroatoms. The Hall–Kier alpha value is -1.84. The van der Waals surface area contributed by atoms with E-state index in [0.717, 1.165) is 51.0 Å². The molecule has 0 aromatic carbocycles. The van der Waals surface area contributed by atoms with Crippen molar-refractivity contribution >= 4 is 15.7 Å². The van der Waals surface area contributed by atoms with Crippen molar-refractivity contribution in [1.29, 1.82) is 0 Å². The average molecular weight is 517 g/mol. The summed E-state index contributed by atoms with van der Waals surface area (Å²) in [6.07, 6.45) is 3.25. The Balaban J connectivity index is 1.47. The molecule has 3 fully saturated rings. The Kier molecular flexibility index (Phi) is 7.42. The van der Waals surface area contributed by atoms with Gasteiger partial charge in [-0.3, -0.25) is 4.79 Å². The van der Waals surface area contributed by atoms with Crippen LogP contribution < -0.4 is 10.1 Å². The van der Waals surface area contributed by atoms with E-state index in [1.165, 1.54) is 6.92 Å². The molecule has 0 radical (unpaired) electrons. The molecule has 3 saturated carbocycles. The zero-order valence-electron chi connectivity index (χ0n) is 20.4. The highest BCUT2D eigenvalue weighted by Gasteiger charge is 2.44. The van der Waals surface area contributed by atoms with Gasteiger partial charge in [0.25, 0.3) is 5.91 Å². The van der Waals surface area contributed by atoms with Crippen LogP contribution in [0.15, 0.2) is 6.07 Å². The van der Waals surface area contributed by atoms with Crippen molar-refractivity contribution in [2.45, 2.75) is 83.1 Å². The normalized spacial score (nSPS) is 25.3. The van der Waals surface area contributed by atoms with E-state index in [0.29, 0.717) is 37.0 Å². The first-order valence-corrected chi connectivity index (χ1v) is 14.4. The van der Waals surface area contributed by atoms with Crippen LogP contribution >= 0.6 is 0 Å². The van der Waals surface area contributed by atoms with Crippen LogP contribution in [0.1, 0.15) is 86.3 Å². The molecule has 196 valence electrons. The SMILES string of the molecule is CCOc1nc(C(F)(F)F)cc(C)c1C(=O)NC[C@]1(CC2CC2)CC[C@H](S(=O)(=O)CC2CC2)CC1. The minimum atomic E-state index is -4.64. The fourth-order valence-electron chi connectivity index (χ4n) is 5.36. The lowest BCUT2D eigenvalue weighted by atomic mass is 9.70. The van der Waals surface area contributed by atoms with Gasteiger partial charge in [0.05, 0.1) is 17.6 Å². The van der Waals surface area contributed by atoms with E-state index < -0.39 is 27.6 Å². The number of aryl methyl sites for hydroxylation is 1. The number of nitrogens with zero attached hydrogens (tertiary/aromatic N) is 1. The van der Waals surface area contributed by atoms with Crippen molar-refractivity contribution in [3.63, 3.8) is 0 Å². The van der Waals surface area contributed by atoms with Crippen LogP contribution in [0.3, 0.4) is 0 Å². The summed E-state index contributed by atoms with van der Waals surface area (Å²) in [6, 6.07) is 0.868. The number of alkyl halides is 3. The molecule has 1 aromatic rings. The number of rotatable bonds is 10. The lowest BCUT2D eigenvalue weighted by Gasteiger charge is -2.40. The zero-order chi connectivity index (χ0) is 25.4. The maximum Gasteiger partial charge on any atom is 0.433 e. The largest absolute Gasteiger partial charge is 0.477 e. The van der Waals surface area contributed by atoms with Gasteiger partial charge in [-0.25, -0.2) is 13.4 Å². The maximum atomic E-state index is 13.2. The number of carbonyl (C=O) groups excluding carboxylic acids is 1. The monoisotopic (exact) mass is 516 g/mol. The van der Waals surface area contributed by atoms with Crippen molar-refractivity contribution in [2.75, 3.05) is 18.9 Å². The molecule has 0 atom stereocenters. The molecule has 0 unspecified atom stereocenters. The molecular weight excluding hydrogens is 481 g/mol. The molecule has 35 heavy (non-hydrogen) atoms. The van der Waals surface area contributed by atoms with Crippen LogP contribution in [0.5, 0.6) is 5.88 Å². The van der Waals surface area contributed by atoms with Crippen LogP contribution in [-0.2, 0) is 16.0 Å². The second-order valence-corrected chi connectivity index (χ2v) is 13.1. The maximum absolute atomic E-state index is 13.2. The molecule has 3 aliphatic carbocycles. The summed E-state index contributed by atoms with van der Waals surface area (Å²) in [6.45, 7) is 3.52. The Morgan fingerprint density at radius 2 is 1.77 bits per heavy atom. The van der Waals surface area contributed by atoms with E-state index in [1.54, 1.807) is 6.92 Å². The first kappa shape index (κ1) is 26.2. The second kappa shape index (κ2) is 9.90. The summed E-state index contributed by atoms with van der Waals surface area (Å²) < 4.78 is 70.6. The second-order valence-electron chi connectivity index (χ2n) is 10.7. The minimum absolute atomic E-state index is 0.0159. The van der Waals surface area contributed by atoms with E-state index in [-0.39, 0.29) is 34.3 Å². The first-order chi connectivity index (χ1) is 16.4. The number of ether oxygens (including phenoxy) is 1. The number of amides is 1. The van der Waals surface area contributed by atoms with Crippen LogP contribution in [0.4, 0.5) is 13.2 Å². The van der Waals surface area contributed by atoms with Gasteiger partial charge in [-0.05, 0) is 87.7 Å². The topological polar surface area (TPSA) is 85.4 Å². The molecule has 0 saturated heterocycles. The number of halogens is 3. The third kappa shape index (κ3) is 6.49. The summed E-state index contributed by atoms with van der Waals surface area (Å²) in [5, 5.41) is 2.64. The molecule has 1 heterocycles. The summed E-state index contributed by atoms with van der Waals surface area (Å²) in [7, 11) is -3.10. The van der Waals surface area contributed by atoms with Gasteiger partial charge in [-0.2, -0.15) is 13.2 Å². The van der Waals surface area contributed by atoms with Crippen molar-refractivity contribution in [1.82, 2.24) is 10.3 Å². The number of carbonyl (C=O) groups is 1. The highest BCUT2D eigenvalue weighted by Crippen LogP contribution is 2.49. The van der Waals surface area contributed by atoms with Crippen molar-refractivity contribution in [3.8, 4) is 5.88 Å². The third-order valence-electron chi connectivity index (χ3n) is 7.69. The number of sulfone groups is 1. The van der Waals surface area contributed by atoms with Gasteiger partial charge in [0.15, 0.2) is 9.84 Å². The Morgan fingerprint density at radius 1 is 1.14 bits per heavy atom. The third-order valence-corrected chi connectivity index (χ3v) is 10.1. The van der Waals surface area contributed by atoms with E-state index >= 15 is 0 Å². The fourth-order valence-corrected chi connectivity index (χ4v) is 7.58. The van der Waals surface area contributed by atoms with Gasteiger partial charge < -0.3 is 10.1 Å². The van der Waals surface area contributed by atoms with Gasteiger partial charge in [0.1, 0.15) is 11.3 Å². The molecule has 4 rings (SSSR count). The number of hydrogen-bond acceptors (Lipinski definition) is 5. The lowest BCUT2D eigenvalue weighted by molar-refractivity contribution is -0.141. The molecule has 0 spiro atoms. The number of aromatic nitrogens is 1. The highest BCUT2D eigenvalue weighted by molar-refractivity contribution is 7.92. The van der Waals surface area contributed by atoms with Crippen LogP contribution in [0, 0.1) is 24.2 Å². The van der Waals surface area contributed by atoms with E-state index in [4.69, 9.17) is 4.74 Å². The van der Waals surface area contributed by atoms with Crippen molar-refractivity contribution in [2.24, 2.45) is 17.3 Å². The molecule has 3 aliphatic rings.